The van der Waals surface area contributed by atoms with Crippen molar-refractivity contribution in [2.75, 3.05) is 0 Å². The van der Waals surface area contributed by atoms with E-state index < -0.39 is 0 Å². The topological polar surface area (TPSA) is 56.5 Å². The monoisotopic (exact) mass is 346 g/mol. The van der Waals surface area contributed by atoms with Gasteiger partial charge in [0.05, 0.1) is 12.2 Å². The second-order valence-corrected chi connectivity index (χ2v) is 6.92. The van der Waals surface area contributed by atoms with E-state index >= 15 is 0 Å². The normalized spacial score (nSPS) is 27.2. The van der Waals surface area contributed by atoms with E-state index in [0.29, 0.717) is 12.3 Å². The summed E-state index contributed by atoms with van der Waals surface area (Å²) >= 11 is 0. The van der Waals surface area contributed by atoms with Crippen LogP contribution in [0.2, 0.25) is 0 Å². The number of carbonyl (C=O) groups is 2. The first-order valence-corrected chi connectivity index (χ1v) is 8.80. The van der Waals surface area contributed by atoms with Gasteiger partial charge in [-0.25, -0.2) is 0 Å². The van der Waals surface area contributed by atoms with Crippen LogP contribution in [0.1, 0.15) is 51.9 Å². The van der Waals surface area contributed by atoms with Gasteiger partial charge in [0, 0.05) is 6.42 Å². The van der Waals surface area contributed by atoms with E-state index in [0.717, 1.165) is 41.7 Å². The molecule has 1 aromatic rings. The molecule has 0 fully saturated rings. The van der Waals surface area contributed by atoms with Crippen molar-refractivity contribution in [3.8, 4) is 0 Å². The fourth-order valence-corrected chi connectivity index (χ4v) is 3.17. The molecule has 1 aliphatic heterocycles. The third kappa shape index (κ3) is 6.37. The van der Waals surface area contributed by atoms with Crippen LogP contribution in [0.3, 0.4) is 0 Å². The van der Waals surface area contributed by atoms with Crippen LogP contribution in [0, 0.1) is 11.8 Å². The highest BCUT2D eigenvalue weighted by Crippen LogP contribution is 2.23. The van der Waals surface area contributed by atoms with Gasteiger partial charge in [-0.2, -0.15) is 0 Å². The number of fused-ring (bicyclic) bond motifs is 2. The van der Waals surface area contributed by atoms with Gasteiger partial charge in [0.1, 0.15) is 18.7 Å². The van der Waals surface area contributed by atoms with E-state index in [9.17, 15) is 4.79 Å². The first kappa shape index (κ1) is 20.9. The average Bonchev–Trinajstić information content (AvgIpc) is 2.99. The Bertz CT molecular complexity index is 611. The van der Waals surface area contributed by atoms with Gasteiger partial charge in [-0.1, -0.05) is 39.0 Å². The maximum atomic E-state index is 12.3. The zero-order valence-corrected chi connectivity index (χ0v) is 15.8. The van der Waals surface area contributed by atoms with Gasteiger partial charge in [-0.05, 0) is 49.3 Å². The van der Waals surface area contributed by atoms with E-state index in [-0.39, 0.29) is 18.0 Å². The van der Waals surface area contributed by atoms with Crippen LogP contribution in [0.25, 0.3) is 0 Å². The number of carbonyl (C=O) groups excluding carboxylic acids is 2. The van der Waals surface area contributed by atoms with Crippen LogP contribution in [0.15, 0.2) is 40.5 Å². The molecule has 1 aliphatic rings. The Hall–Kier alpha value is -2.10. The van der Waals surface area contributed by atoms with Crippen molar-refractivity contribution < 1.29 is 18.7 Å². The van der Waals surface area contributed by atoms with Crippen LogP contribution in [-0.2, 0) is 27.2 Å². The van der Waals surface area contributed by atoms with Crippen molar-refractivity contribution in [2.45, 2.75) is 59.5 Å². The molecule has 0 spiro atoms. The minimum Gasteiger partial charge on any atom is -0.469 e. The van der Waals surface area contributed by atoms with Crippen molar-refractivity contribution in [3.05, 3.63) is 47.5 Å². The lowest BCUT2D eigenvalue weighted by Gasteiger charge is -2.20. The highest BCUT2D eigenvalue weighted by atomic mass is 16.5. The van der Waals surface area contributed by atoms with Crippen molar-refractivity contribution in [2.24, 2.45) is 11.8 Å². The SMILES string of the molecule is C=C1/C=C(\C)[C@H](CC)OC(=O)[C@H](C)Cc2coc(c2)CC(C)C1.C=O. The third-order valence-corrected chi connectivity index (χ3v) is 4.38. The van der Waals surface area contributed by atoms with Gasteiger partial charge in [0.2, 0.25) is 0 Å². The highest BCUT2D eigenvalue weighted by molar-refractivity contribution is 5.72. The summed E-state index contributed by atoms with van der Waals surface area (Å²) in [6.07, 6.45) is 6.90. The minimum absolute atomic E-state index is 0.150. The molecule has 4 heteroatoms. The smallest absolute Gasteiger partial charge is 0.309 e. The summed E-state index contributed by atoms with van der Waals surface area (Å²) in [6, 6.07) is 2.06. The Morgan fingerprint density at radius 3 is 2.52 bits per heavy atom. The van der Waals surface area contributed by atoms with Crippen molar-refractivity contribution in [1.82, 2.24) is 0 Å². The van der Waals surface area contributed by atoms with Crippen molar-refractivity contribution >= 4 is 12.8 Å². The van der Waals surface area contributed by atoms with Gasteiger partial charge in [0.15, 0.2) is 0 Å². The lowest BCUT2D eigenvalue weighted by Crippen LogP contribution is -2.24. The number of hydrogen-bond acceptors (Lipinski definition) is 4. The number of esters is 1. The summed E-state index contributed by atoms with van der Waals surface area (Å²) in [5.74, 6) is 1.12. The molecule has 0 aromatic carbocycles. The van der Waals surface area contributed by atoms with E-state index in [4.69, 9.17) is 13.9 Å². The molecular weight excluding hydrogens is 316 g/mol. The molecule has 3 atom stereocenters. The maximum absolute atomic E-state index is 12.3. The fraction of sp³-hybridized carbons (Fsp3) is 0.524. The summed E-state index contributed by atoms with van der Waals surface area (Å²) in [4.78, 5) is 20.3. The summed E-state index contributed by atoms with van der Waals surface area (Å²) < 4.78 is 11.4. The van der Waals surface area contributed by atoms with E-state index in [1.165, 1.54) is 0 Å². The molecule has 0 radical (unpaired) electrons. The minimum atomic E-state index is -0.175. The highest BCUT2D eigenvalue weighted by Gasteiger charge is 2.22. The predicted octanol–water partition coefficient (Wildman–Crippen LogP) is 4.68. The zero-order valence-electron chi connectivity index (χ0n) is 15.8. The third-order valence-electron chi connectivity index (χ3n) is 4.38. The average molecular weight is 346 g/mol. The summed E-state index contributed by atoms with van der Waals surface area (Å²) in [5.41, 5.74) is 3.20. The first-order chi connectivity index (χ1) is 11.9. The van der Waals surface area contributed by atoms with Crippen LogP contribution in [0.4, 0.5) is 0 Å². The van der Waals surface area contributed by atoms with E-state index in [2.05, 4.69) is 25.6 Å². The van der Waals surface area contributed by atoms with Crippen molar-refractivity contribution in [3.63, 3.8) is 0 Å². The molecule has 138 valence electrons. The van der Waals surface area contributed by atoms with E-state index in [1.807, 2.05) is 27.6 Å². The van der Waals surface area contributed by atoms with Gasteiger partial charge in [-0.3, -0.25) is 4.79 Å². The molecule has 2 bridgehead atoms. The number of cyclic esters (lactones) is 1. The molecule has 2 rings (SSSR count). The van der Waals surface area contributed by atoms with Crippen LogP contribution in [-0.4, -0.2) is 18.9 Å². The number of ether oxygens (including phenoxy) is 1. The van der Waals surface area contributed by atoms with E-state index in [1.54, 1.807) is 6.26 Å². The first-order valence-electron chi connectivity index (χ1n) is 8.80. The number of rotatable bonds is 1. The molecule has 1 unspecified atom stereocenters. The van der Waals surface area contributed by atoms with Crippen LogP contribution in [0.5, 0.6) is 0 Å². The summed E-state index contributed by atoms with van der Waals surface area (Å²) in [7, 11) is 0. The Kier molecular flexibility index (Phi) is 8.39. The number of hydrogen-bond donors (Lipinski definition) is 0. The van der Waals surface area contributed by atoms with Crippen LogP contribution >= 0.6 is 0 Å². The molecule has 0 saturated heterocycles. The summed E-state index contributed by atoms with van der Waals surface area (Å²) in [6.45, 7) is 14.3. The predicted molar refractivity (Wildman–Crippen MR) is 99.3 cm³/mol. The standard InChI is InChI=1S/C20H28O3.CH2O/c1-6-19-15(4)8-13(2)7-14(3)9-18-11-17(12-22-18)10-16(5)20(21)23-19;1-2/h8,11-12,14,16,19H,2,6-7,9-10H2,1,3-5H3;1H2/b15-8+;/t14?,16-,19+;/m1./s1. The van der Waals surface area contributed by atoms with Gasteiger partial charge >= 0.3 is 5.97 Å². The Morgan fingerprint density at radius 2 is 1.88 bits per heavy atom. The molecule has 25 heavy (non-hydrogen) atoms. The second-order valence-electron chi connectivity index (χ2n) is 6.92. The lowest BCUT2D eigenvalue weighted by atomic mass is 9.94. The molecule has 0 N–H and O–H groups in total. The fourth-order valence-electron chi connectivity index (χ4n) is 3.17. The lowest BCUT2D eigenvalue weighted by molar-refractivity contribution is -0.151. The molecule has 2 heterocycles. The Morgan fingerprint density at radius 1 is 1.20 bits per heavy atom. The van der Waals surface area contributed by atoms with Gasteiger partial charge in [0.25, 0.3) is 0 Å². The van der Waals surface area contributed by atoms with Gasteiger partial charge in [-0.15, -0.1) is 0 Å². The van der Waals surface area contributed by atoms with Crippen molar-refractivity contribution in [1.29, 1.82) is 0 Å². The molecule has 0 saturated carbocycles. The maximum Gasteiger partial charge on any atom is 0.309 e. The van der Waals surface area contributed by atoms with Gasteiger partial charge < -0.3 is 13.9 Å². The molecule has 0 aliphatic carbocycles. The largest absolute Gasteiger partial charge is 0.469 e. The Balaban J connectivity index is 0.00000151. The summed E-state index contributed by atoms with van der Waals surface area (Å²) in [5, 5.41) is 0. The molecule has 0 amide bonds. The zero-order chi connectivity index (χ0) is 19.0. The number of furan rings is 1. The molecular formula is C21H30O4. The molecule has 4 nitrogen and oxygen atoms in total. The number of allylic oxidation sites excluding steroid dienone is 2. The Labute approximate surface area is 150 Å². The second kappa shape index (κ2) is 10.0. The quantitative estimate of drug-likeness (QED) is 0.693. The molecule has 1 aromatic heterocycles. The van der Waals surface area contributed by atoms with Crippen LogP contribution < -0.4 is 0 Å².